The summed E-state index contributed by atoms with van der Waals surface area (Å²) in [6, 6.07) is 20.1. The highest BCUT2D eigenvalue weighted by atomic mass is 16.5. The number of anilines is 1. The van der Waals surface area contributed by atoms with Crippen molar-refractivity contribution >= 4 is 11.6 Å². The van der Waals surface area contributed by atoms with E-state index in [9.17, 15) is 4.79 Å². The smallest absolute Gasteiger partial charge is 0.227 e. The van der Waals surface area contributed by atoms with Crippen molar-refractivity contribution in [3.8, 4) is 11.4 Å². The molecule has 1 aliphatic rings. The number of nitrogens with zero attached hydrogens (tertiary/aromatic N) is 3. The van der Waals surface area contributed by atoms with E-state index in [-0.39, 0.29) is 5.91 Å². The molecule has 144 valence electrons. The molecule has 1 N–H and O–H groups in total. The molecule has 0 saturated carbocycles. The summed E-state index contributed by atoms with van der Waals surface area (Å²) < 4.78 is 5.26. The van der Waals surface area contributed by atoms with Crippen LogP contribution in [0.1, 0.15) is 18.7 Å². The van der Waals surface area contributed by atoms with Crippen molar-refractivity contribution in [2.45, 2.75) is 19.3 Å². The topological polar surface area (TPSA) is 71.3 Å². The molecule has 2 heterocycles. The lowest BCUT2D eigenvalue weighted by Crippen LogP contribution is -2.31. The molecule has 1 atom stereocenters. The van der Waals surface area contributed by atoms with E-state index in [2.05, 4.69) is 44.6 Å². The third-order valence-corrected chi connectivity index (χ3v) is 5.06. The third-order valence-electron chi connectivity index (χ3n) is 5.06. The molecular formula is C22H24N4O2. The highest BCUT2D eigenvalue weighted by Crippen LogP contribution is 2.23. The summed E-state index contributed by atoms with van der Waals surface area (Å²) in [6.07, 6.45) is 1.90. The minimum absolute atomic E-state index is 0.0256. The Balaban J connectivity index is 1.20. The van der Waals surface area contributed by atoms with Gasteiger partial charge in [-0.05, 0) is 24.5 Å². The van der Waals surface area contributed by atoms with Crippen LogP contribution in [0.2, 0.25) is 0 Å². The van der Waals surface area contributed by atoms with E-state index >= 15 is 0 Å². The zero-order valence-electron chi connectivity index (χ0n) is 15.8. The molecule has 1 saturated heterocycles. The summed E-state index contributed by atoms with van der Waals surface area (Å²) in [6.45, 7) is 2.73. The van der Waals surface area contributed by atoms with Gasteiger partial charge >= 0.3 is 0 Å². The first-order valence-electron chi connectivity index (χ1n) is 9.72. The minimum Gasteiger partial charge on any atom is -0.371 e. The number of para-hydroxylation sites is 1. The predicted octanol–water partition coefficient (Wildman–Crippen LogP) is 3.31. The van der Waals surface area contributed by atoms with Gasteiger partial charge in [0.25, 0.3) is 0 Å². The summed E-state index contributed by atoms with van der Waals surface area (Å²) in [4.78, 5) is 18.9. The fourth-order valence-electron chi connectivity index (χ4n) is 3.50. The fourth-order valence-corrected chi connectivity index (χ4v) is 3.50. The zero-order valence-corrected chi connectivity index (χ0v) is 15.8. The molecule has 4 rings (SSSR count). The number of rotatable bonds is 7. The van der Waals surface area contributed by atoms with Crippen molar-refractivity contribution in [2.24, 2.45) is 5.92 Å². The maximum atomic E-state index is 12.2. The van der Waals surface area contributed by atoms with E-state index in [1.54, 1.807) is 0 Å². The normalized spacial score (nSPS) is 16.3. The molecular weight excluding hydrogens is 352 g/mol. The highest BCUT2D eigenvalue weighted by molar-refractivity contribution is 5.76. The van der Waals surface area contributed by atoms with Gasteiger partial charge in [0.05, 0.1) is 0 Å². The van der Waals surface area contributed by atoms with Crippen LogP contribution >= 0.6 is 0 Å². The number of aryl methyl sites for hydroxylation is 1. The number of amides is 1. The molecule has 6 nitrogen and oxygen atoms in total. The first-order chi connectivity index (χ1) is 13.8. The first-order valence-corrected chi connectivity index (χ1v) is 9.72. The second-order valence-electron chi connectivity index (χ2n) is 7.12. The Hall–Kier alpha value is -3.15. The lowest BCUT2D eigenvalue weighted by atomic mass is 10.1. The largest absolute Gasteiger partial charge is 0.371 e. The standard InChI is InChI=1S/C22H24N4O2/c27-20(11-12-21-24-22(25-28-21)18-7-3-1-4-8-18)23-15-17-13-14-26(16-17)19-9-5-2-6-10-19/h1-10,17H,11-16H2,(H,23,27)/t17-/m0/s1. The number of carbonyl (C=O) groups excluding carboxylic acids is 1. The minimum atomic E-state index is 0.0256. The van der Waals surface area contributed by atoms with E-state index < -0.39 is 0 Å². The Morgan fingerprint density at radius 2 is 1.86 bits per heavy atom. The van der Waals surface area contributed by atoms with Gasteiger partial charge in [0.15, 0.2) is 0 Å². The Morgan fingerprint density at radius 1 is 1.11 bits per heavy atom. The maximum absolute atomic E-state index is 12.2. The second-order valence-corrected chi connectivity index (χ2v) is 7.12. The van der Waals surface area contributed by atoms with Gasteiger partial charge in [-0.1, -0.05) is 53.7 Å². The zero-order chi connectivity index (χ0) is 19.2. The average molecular weight is 376 g/mol. The average Bonchev–Trinajstić information content (AvgIpc) is 3.42. The molecule has 1 amide bonds. The SMILES string of the molecule is O=C(CCc1nc(-c2ccccc2)no1)NC[C@@H]1CCN(c2ccccc2)C1. The molecule has 0 radical (unpaired) electrons. The van der Waals surface area contributed by atoms with Gasteiger partial charge in [0.1, 0.15) is 0 Å². The Bertz CT molecular complexity index is 895. The number of hydrogen-bond acceptors (Lipinski definition) is 5. The second kappa shape index (κ2) is 8.69. The summed E-state index contributed by atoms with van der Waals surface area (Å²) in [5.41, 5.74) is 2.16. The van der Waals surface area contributed by atoms with Crippen molar-refractivity contribution < 1.29 is 9.32 Å². The van der Waals surface area contributed by atoms with Gasteiger partial charge in [-0.25, -0.2) is 0 Å². The quantitative estimate of drug-likeness (QED) is 0.685. The third kappa shape index (κ3) is 4.57. The summed E-state index contributed by atoms with van der Waals surface area (Å²) in [5.74, 6) is 1.56. The van der Waals surface area contributed by atoms with E-state index in [1.807, 2.05) is 36.4 Å². The highest BCUT2D eigenvalue weighted by Gasteiger charge is 2.23. The van der Waals surface area contributed by atoms with Crippen molar-refractivity contribution in [1.29, 1.82) is 0 Å². The van der Waals surface area contributed by atoms with Crippen molar-refractivity contribution in [2.75, 3.05) is 24.5 Å². The van der Waals surface area contributed by atoms with E-state index in [0.29, 0.717) is 37.0 Å². The molecule has 0 unspecified atom stereocenters. The van der Waals surface area contributed by atoms with Crippen molar-refractivity contribution in [3.05, 3.63) is 66.6 Å². The van der Waals surface area contributed by atoms with Crippen LogP contribution in [-0.2, 0) is 11.2 Å². The molecule has 0 aliphatic carbocycles. The van der Waals surface area contributed by atoms with Gasteiger partial charge in [0.2, 0.25) is 17.6 Å². The van der Waals surface area contributed by atoms with Crippen LogP contribution in [0.4, 0.5) is 5.69 Å². The van der Waals surface area contributed by atoms with Crippen LogP contribution in [-0.4, -0.2) is 35.7 Å². The van der Waals surface area contributed by atoms with Gasteiger partial charge in [-0.2, -0.15) is 4.98 Å². The number of aromatic nitrogens is 2. The van der Waals surface area contributed by atoms with E-state index in [1.165, 1.54) is 5.69 Å². The molecule has 0 spiro atoms. The van der Waals surface area contributed by atoms with Gasteiger partial charge in [0, 0.05) is 43.7 Å². The van der Waals surface area contributed by atoms with Crippen LogP contribution in [0, 0.1) is 5.92 Å². The summed E-state index contributed by atoms with van der Waals surface area (Å²) in [7, 11) is 0. The monoisotopic (exact) mass is 376 g/mol. The van der Waals surface area contributed by atoms with Gasteiger partial charge < -0.3 is 14.7 Å². The Morgan fingerprint density at radius 3 is 2.64 bits per heavy atom. The molecule has 1 aliphatic heterocycles. The van der Waals surface area contributed by atoms with Crippen LogP contribution in [0.3, 0.4) is 0 Å². The van der Waals surface area contributed by atoms with Crippen LogP contribution in [0.15, 0.2) is 65.2 Å². The first kappa shape index (κ1) is 18.2. The van der Waals surface area contributed by atoms with Crippen molar-refractivity contribution in [3.63, 3.8) is 0 Å². The van der Waals surface area contributed by atoms with Gasteiger partial charge in [-0.15, -0.1) is 0 Å². The number of carbonyl (C=O) groups is 1. The molecule has 1 fully saturated rings. The van der Waals surface area contributed by atoms with Gasteiger partial charge in [-0.3, -0.25) is 4.79 Å². The number of benzene rings is 2. The van der Waals surface area contributed by atoms with Crippen molar-refractivity contribution in [1.82, 2.24) is 15.5 Å². The molecule has 2 aromatic carbocycles. The summed E-state index contributed by atoms with van der Waals surface area (Å²) >= 11 is 0. The molecule has 1 aromatic heterocycles. The lowest BCUT2D eigenvalue weighted by molar-refractivity contribution is -0.121. The maximum Gasteiger partial charge on any atom is 0.227 e. The molecule has 3 aromatic rings. The molecule has 28 heavy (non-hydrogen) atoms. The van der Waals surface area contributed by atoms with E-state index in [0.717, 1.165) is 25.1 Å². The van der Waals surface area contributed by atoms with Crippen LogP contribution in [0.5, 0.6) is 0 Å². The molecule has 0 bridgehead atoms. The number of hydrogen-bond donors (Lipinski definition) is 1. The Kier molecular flexibility index (Phi) is 5.66. The van der Waals surface area contributed by atoms with Crippen LogP contribution < -0.4 is 10.2 Å². The molecule has 6 heteroatoms. The summed E-state index contributed by atoms with van der Waals surface area (Å²) in [5, 5.41) is 7.04. The Labute approximate surface area is 164 Å². The fraction of sp³-hybridized carbons (Fsp3) is 0.318. The lowest BCUT2D eigenvalue weighted by Gasteiger charge is -2.18. The predicted molar refractivity (Wildman–Crippen MR) is 108 cm³/mol. The van der Waals surface area contributed by atoms with E-state index in [4.69, 9.17) is 4.52 Å². The number of nitrogens with one attached hydrogen (secondary N) is 1. The van der Waals surface area contributed by atoms with Crippen LogP contribution in [0.25, 0.3) is 11.4 Å².